The summed E-state index contributed by atoms with van der Waals surface area (Å²) in [6.45, 7) is 11.6. The van der Waals surface area contributed by atoms with Gasteiger partial charge in [-0.25, -0.2) is 26.7 Å². The second-order valence-corrected chi connectivity index (χ2v) is 22.8. The largest absolute Gasteiger partial charge is 0.481 e. The Kier molecular flexibility index (Phi) is 36.7. The van der Waals surface area contributed by atoms with Crippen LogP contribution in [0.4, 0.5) is 22.0 Å². The van der Waals surface area contributed by atoms with Gasteiger partial charge in [0.1, 0.15) is 54.4 Å². The first-order chi connectivity index (χ1) is 42.1. The maximum absolute atomic E-state index is 15.0. The zero-order valence-electron chi connectivity index (χ0n) is 52.2. The molecule has 0 heterocycles. The molecular formula is C59H90F5N9O17. The van der Waals surface area contributed by atoms with E-state index in [1.807, 2.05) is 5.32 Å². The Morgan fingerprint density at radius 2 is 0.633 bits per heavy atom. The molecule has 31 heteroatoms. The number of benzene rings is 1. The number of nitrogens with one attached hydrogen (secondary N) is 9. The smallest absolute Gasteiger partial charge is 0.326 e. The van der Waals surface area contributed by atoms with Crippen molar-refractivity contribution in [1.29, 1.82) is 0 Å². The molecule has 0 aliphatic carbocycles. The molecule has 1 aromatic carbocycles. The standard InChI is InChI=1S/C59H90F5N9O17/c1-9-10-11-12-13-14-15-16-17-18-19-20-21-22-40(74)68-39(29-35-44(60)46(62)48(64)47(63)45(35)61)56(86)72-50(31(4)5)58(88)73-49(30(2)3)57(87)67-33(7)52(82)65-32(6)51(81)66-34(8)53(83)69-36(23-26-41(75)76)54(84)70-37(24-27-42(77)78)55(85)71-38(59(89)90)25-28-43(79)80/h30-34,36-39,49-50H,9-29H2,1-8H3,(H,65,82)(H,66,81)(H,67,87)(H,68,74)(H,69,83)(H,70,84)(H,71,85)(H,72,86)(H,73,88)(H,75,76)(H,77,78)(H,79,80)(H,89,90)/t32-,33-,34-,36-,37-,38-,39-,49-,50-/m0/s1. The zero-order chi connectivity index (χ0) is 68.5. The fourth-order valence-corrected chi connectivity index (χ4v) is 9.00. The quantitative estimate of drug-likeness (QED) is 0.0191. The van der Waals surface area contributed by atoms with Crippen molar-refractivity contribution in [3.05, 3.63) is 34.6 Å². The molecule has 1 aromatic rings. The van der Waals surface area contributed by atoms with Gasteiger partial charge in [0.15, 0.2) is 23.3 Å². The van der Waals surface area contributed by atoms with E-state index in [0.717, 1.165) is 45.4 Å². The van der Waals surface area contributed by atoms with Crippen LogP contribution < -0.4 is 47.9 Å². The number of halogens is 5. The van der Waals surface area contributed by atoms with Crippen molar-refractivity contribution in [2.45, 2.75) is 245 Å². The molecule has 0 fully saturated rings. The molecule has 0 unspecified atom stereocenters. The Morgan fingerprint density at radius 1 is 0.333 bits per heavy atom. The highest BCUT2D eigenvalue weighted by Crippen LogP contribution is 2.25. The van der Waals surface area contributed by atoms with Gasteiger partial charge in [0.2, 0.25) is 59.0 Å². The predicted molar refractivity (Wildman–Crippen MR) is 313 cm³/mol. The Bertz CT molecular complexity index is 2620. The third-order valence-electron chi connectivity index (χ3n) is 14.4. The maximum Gasteiger partial charge on any atom is 0.326 e. The number of hydrogen-bond donors (Lipinski definition) is 13. The van der Waals surface area contributed by atoms with Crippen LogP contribution in [-0.2, 0) is 68.7 Å². The topological polar surface area (TPSA) is 411 Å². The number of carbonyl (C=O) groups excluding carboxylic acids is 9. The molecule has 0 saturated heterocycles. The highest BCUT2D eigenvalue weighted by Gasteiger charge is 2.37. The Hall–Kier alpha value is -8.02. The number of hydrogen-bond acceptors (Lipinski definition) is 13. The highest BCUT2D eigenvalue weighted by molar-refractivity contribution is 5.98. The number of carbonyl (C=O) groups is 13. The molecule has 0 aliphatic heterocycles. The molecule has 0 saturated carbocycles. The first-order valence-electron chi connectivity index (χ1n) is 30.3. The van der Waals surface area contributed by atoms with Crippen LogP contribution in [0.2, 0.25) is 0 Å². The van der Waals surface area contributed by atoms with Crippen LogP contribution in [0.25, 0.3) is 0 Å². The van der Waals surface area contributed by atoms with Crippen molar-refractivity contribution in [2.75, 3.05) is 0 Å². The van der Waals surface area contributed by atoms with Crippen LogP contribution >= 0.6 is 0 Å². The lowest BCUT2D eigenvalue weighted by atomic mass is 9.98. The normalized spacial score (nSPS) is 14.2. The third-order valence-corrected chi connectivity index (χ3v) is 14.4. The summed E-state index contributed by atoms with van der Waals surface area (Å²) in [4.78, 5) is 167. The van der Waals surface area contributed by atoms with Crippen LogP contribution in [0.5, 0.6) is 0 Å². The summed E-state index contributed by atoms with van der Waals surface area (Å²) in [5.74, 6) is -28.7. The van der Waals surface area contributed by atoms with E-state index in [4.69, 9.17) is 5.11 Å². The van der Waals surface area contributed by atoms with Crippen LogP contribution in [0.3, 0.4) is 0 Å². The molecular weight excluding hydrogens is 1200 g/mol. The van der Waals surface area contributed by atoms with Gasteiger partial charge in [-0.15, -0.1) is 0 Å². The van der Waals surface area contributed by atoms with Crippen molar-refractivity contribution in [3.63, 3.8) is 0 Å². The summed E-state index contributed by atoms with van der Waals surface area (Å²) in [5, 5.41) is 57.5. The number of unbranched alkanes of at least 4 members (excludes halogenated alkanes) is 12. The third kappa shape index (κ3) is 29.5. The van der Waals surface area contributed by atoms with Gasteiger partial charge < -0.3 is 68.3 Å². The summed E-state index contributed by atoms with van der Waals surface area (Å²) in [5.41, 5.74) is -1.41. The van der Waals surface area contributed by atoms with Crippen molar-refractivity contribution in [1.82, 2.24) is 47.9 Å². The van der Waals surface area contributed by atoms with Crippen LogP contribution in [0, 0.1) is 40.9 Å². The van der Waals surface area contributed by atoms with Gasteiger partial charge in [-0.05, 0) is 58.3 Å². The SMILES string of the molecule is CCCCCCCCCCCCCCCC(=O)N[C@@H](Cc1c(F)c(F)c(F)c(F)c1F)C(=O)N[C@H](C(=O)N[C@H](C(=O)N[C@@H](C)C(=O)N[C@@H](C)C(=O)N[C@@H](C)C(=O)N[C@@H](CCC(=O)O)C(=O)N[C@@H](CCC(=O)O)C(=O)N[C@@H](CCC(=O)O)C(=O)O)C(C)C)C(C)C. The van der Waals surface area contributed by atoms with Crippen LogP contribution in [0.15, 0.2) is 0 Å². The van der Waals surface area contributed by atoms with E-state index < -0.39 is 223 Å². The Balaban J connectivity index is 3.14. The monoisotopic (exact) mass is 1290 g/mol. The Labute approximate surface area is 519 Å². The van der Waals surface area contributed by atoms with E-state index in [-0.39, 0.29) is 6.42 Å². The predicted octanol–water partition coefficient (Wildman–Crippen LogP) is 3.82. The van der Waals surface area contributed by atoms with Gasteiger partial charge in [0, 0.05) is 37.7 Å². The number of carboxylic acids is 4. The van der Waals surface area contributed by atoms with Crippen molar-refractivity contribution in [2.24, 2.45) is 11.8 Å². The van der Waals surface area contributed by atoms with E-state index in [1.165, 1.54) is 73.6 Å². The summed E-state index contributed by atoms with van der Waals surface area (Å²) in [7, 11) is 0. The Morgan fingerprint density at radius 3 is 1.01 bits per heavy atom. The molecule has 1 rings (SSSR count). The molecule has 9 amide bonds. The van der Waals surface area contributed by atoms with Gasteiger partial charge in [0.25, 0.3) is 0 Å². The molecule has 0 aliphatic rings. The average molecular weight is 1290 g/mol. The van der Waals surface area contributed by atoms with Gasteiger partial charge in [-0.1, -0.05) is 112 Å². The van der Waals surface area contributed by atoms with Crippen molar-refractivity contribution < 1.29 is 105 Å². The molecule has 0 radical (unpaired) electrons. The van der Waals surface area contributed by atoms with Crippen molar-refractivity contribution in [3.8, 4) is 0 Å². The molecule has 0 spiro atoms. The molecule has 0 bridgehead atoms. The van der Waals surface area contributed by atoms with E-state index in [1.54, 1.807) is 0 Å². The minimum atomic E-state index is -2.45. The number of rotatable bonds is 45. The molecule has 13 N–H and O–H groups in total. The van der Waals surface area contributed by atoms with Gasteiger partial charge in [0.05, 0.1) is 0 Å². The van der Waals surface area contributed by atoms with E-state index in [9.17, 15) is 90.8 Å². The summed E-state index contributed by atoms with van der Waals surface area (Å²) in [6.07, 6.45) is 7.60. The second kappa shape index (κ2) is 41.3. The lowest BCUT2D eigenvalue weighted by Crippen LogP contribution is -2.61. The first kappa shape index (κ1) is 80.0. The van der Waals surface area contributed by atoms with E-state index in [2.05, 4.69) is 49.5 Å². The van der Waals surface area contributed by atoms with E-state index >= 15 is 8.78 Å². The molecule has 9 atom stereocenters. The average Bonchev–Trinajstić information content (AvgIpc) is 0.924. The molecule has 26 nitrogen and oxygen atoms in total. The maximum atomic E-state index is 15.0. The lowest BCUT2D eigenvalue weighted by molar-refractivity contribution is -0.144. The fraction of sp³-hybridized carbons (Fsp3) is 0.678. The lowest BCUT2D eigenvalue weighted by Gasteiger charge is -2.29. The number of amides is 9. The summed E-state index contributed by atoms with van der Waals surface area (Å²) < 4.78 is 72.7. The minimum absolute atomic E-state index is 0.167. The molecule has 0 aromatic heterocycles. The van der Waals surface area contributed by atoms with Gasteiger partial charge in [-0.2, -0.15) is 0 Å². The fourth-order valence-electron chi connectivity index (χ4n) is 9.00. The zero-order valence-corrected chi connectivity index (χ0v) is 52.2. The summed E-state index contributed by atoms with van der Waals surface area (Å²) in [6, 6.07) is -14.8. The number of carboxylic acid groups (broad SMARTS) is 4. The van der Waals surface area contributed by atoms with Crippen LogP contribution in [0.1, 0.15) is 189 Å². The minimum Gasteiger partial charge on any atom is -0.481 e. The van der Waals surface area contributed by atoms with Gasteiger partial charge >= 0.3 is 23.9 Å². The van der Waals surface area contributed by atoms with Gasteiger partial charge in [-0.3, -0.25) is 57.5 Å². The second-order valence-electron chi connectivity index (χ2n) is 22.8. The first-order valence-corrected chi connectivity index (χ1v) is 30.3. The molecule has 508 valence electrons. The number of aliphatic carboxylic acids is 4. The van der Waals surface area contributed by atoms with Crippen molar-refractivity contribution >= 4 is 77.0 Å². The molecule has 90 heavy (non-hydrogen) atoms. The van der Waals surface area contributed by atoms with E-state index in [0.29, 0.717) is 12.8 Å². The highest BCUT2D eigenvalue weighted by atomic mass is 19.2. The van der Waals surface area contributed by atoms with Crippen LogP contribution in [-0.4, -0.2) is 152 Å². The summed E-state index contributed by atoms with van der Waals surface area (Å²) >= 11 is 0.